The Morgan fingerprint density at radius 2 is 2.20 bits per heavy atom. The van der Waals surface area contributed by atoms with Crippen LogP contribution < -0.4 is 10.2 Å². The quantitative estimate of drug-likeness (QED) is 0.874. The molecule has 1 saturated heterocycles. The van der Waals surface area contributed by atoms with E-state index in [1.54, 1.807) is 0 Å². The molecule has 3 heterocycles. The molecule has 5 heteroatoms. The third-order valence-corrected chi connectivity index (χ3v) is 4.33. The molecule has 3 rings (SSSR count). The van der Waals surface area contributed by atoms with Gasteiger partial charge in [0.05, 0.1) is 0 Å². The molecule has 0 bridgehead atoms. The third-order valence-electron chi connectivity index (χ3n) is 3.45. The van der Waals surface area contributed by atoms with Crippen LogP contribution in [0.25, 0.3) is 0 Å². The van der Waals surface area contributed by atoms with Crippen molar-refractivity contribution in [2.24, 2.45) is 0 Å². The van der Waals surface area contributed by atoms with Crippen LogP contribution in [0.2, 0.25) is 4.71 Å². The van der Waals surface area contributed by atoms with Crippen molar-refractivity contribution < 1.29 is 0 Å². The van der Waals surface area contributed by atoms with Crippen LogP contribution in [0.5, 0.6) is 0 Å². The van der Waals surface area contributed by atoms with Crippen LogP contribution in [0.1, 0.15) is 12.1 Å². The summed E-state index contributed by atoms with van der Waals surface area (Å²) in [5.74, 6) is 0.905. The van der Waals surface area contributed by atoms with Crippen molar-refractivity contribution in [3.63, 3.8) is 0 Å². The van der Waals surface area contributed by atoms with Gasteiger partial charge in [0.2, 0.25) is 0 Å². The zero-order chi connectivity index (χ0) is 13.8. The second-order valence-electron chi connectivity index (χ2n) is 4.96. The van der Waals surface area contributed by atoms with Crippen molar-refractivity contribution in [3.8, 4) is 0 Å². The van der Waals surface area contributed by atoms with Crippen LogP contribution in [0.3, 0.4) is 0 Å². The molecule has 0 amide bonds. The van der Waals surface area contributed by atoms with Gasteiger partial charge in [0, 0.05) is 0 Å². The molecule has 0 saturated carbocycles. The van der Waals surface area contributed by atoms with E-state index in [-0.39, 0.29) is 0 Å². The van der Waals surface area contributed by atoms with Gasteiger partial charge >= 0.3 is 128 Å². The molecular weight excluding hydrogens is 311 g/mol. The fourth-order valence-corrected chi connectivity index (χ4v) is 3.03. The molecule has 0 aromatic carbocycles. The van der Waals surface area contributed by atoms with E-state index in [2.05, 4.69) is 49.2 Å². The van der Waals surface area contributed by atoms with E-state index in [0.29, 0.717) is 6.54 Å². The SMILES string of the molecule is [As]C1CCN(c2ccnc(NCc3ccccn3)c2)C1. The average Bonchev–Trinajstić information content (AvgIpc) is 2.93. The molecule has 1 fully saturated rings. The number of anilines is 2. The topological polar surface area (TPSA) is 41.1 Å². The fraction of sp³-hybridized carbons (Fsp3) is 0.333. The molecule has 1 N–H and O–H groups in total. The molecule has 2 aromatic heterocycles. The molecule has 1 atom stereocenters. The molecule has 1 unspecified atom stereocenters. The average molecular weight is 328 g/mol. The Hall–Kier alpha value is -1.54. The second kappa shape index (κ2) is 6.27. The van der Waals surface area contributed by atoms with Gasteiger partial charge in [-0.1, -0.05) is 0 Å². The van der Waals surface area contributed by atoms with Crippen molar-refractivity contribution in [1.29, 1.82) is 0 Å². The molecular formula is C15H17AsN4. The normalized spacial score (nSPS) is 18.2. The van der Waals surface area contributed by atoms with Crippen LogP contribution in [-0.4, -0.2) is 39.9 Å². The van der Waals surface area contributed by atoms with Crippen molar-refractivity contribution in [3.05, 3.63) is 48.4 Å². The van der Waals surface area contributed by atoms with E-state index in [0.717, 1.165) is 29.3 Å². The predicted octanol–water partition coefficient (Wildman–Crippen LogP) is 2.26. The van der Waals surface area contributed by atoms with Crippen molar-refractivity contribution in [1.82, 2.24) is 9.97 Å². The first-order valence-electron chi connectivity index (χ1n) is 6.84. The van der Waals surface area contributed by atoms with Crippen LogP contribution in [0, 0.1) is 0 Å². The van der Waals surface area contributed by atoms with E-state index >= 15 is 0 Å². The van der Waals surface area contributed by atoms with Crippen LogP contribution >= 0.6 is 0 Å². The standard InChI is InChI=1S/C15H17AsN4/c16-12-5-8-20(11-12)14-4-7-18-15(9-14)19-10-13-3-1-2-6-17-13/h1-4,6-7,9,12H,5,8,10-11H2,(H,18,19). The van der Waals surface area contributed by atoms with E-state index in [1.807, 2.05) is 30.6 Å². The summed E-state index contributed by atoms with van der Waals surface area (Å²) in [6.07, 6.45) is 4.93. The number of hydrogen-bond acceptors (Lipinski definition) is 4. The molecule has 2 radical (unpaired) electrons. The number of nitrogens with zero attached hydrogens (tertiary/aromatic N) is 3. The van der Waals surface area contributed by atoms with E-state index in [4.69, 9.17) is 0 Å². The number of aromatic nitrogens is 2. The summed E-state index contributed by atoms with van der Waals surface area (Å²) >= 11 is 2.76. The molecule has 2 aromatic rings. The monoisotopic (exact) mass is 328 g/mol. The van der Waals surface area contributed by atoms with E-state index < -0.39 is 0 Å². The van der Waals surface area contributed by atoms with Crippen molar-refractivity contribution in [2.45, 2.75) is 17.7 Å². The molecule has 0 aliphatic carbocycles. The molecule has 0 spiro atoms. The second-order valence-corrected chi connectivity index (χ2v) is 6.49. The Morgan fingerprint density at radius 3 is 2.95 bits per heavy atom. The van der Waals surface area contributed by atoms with Crippen LogP contribution in [0.15, 0.2) is 42.7 Å². The summed E-state index contributed by atoms with van der Waals surface area (Å²) in [5.41, 5.74) is 2.27. The Bertz CT molecular complexity index is 561. The summed E-state index contributed by atoms with van der Waals surface area (Å²) in [4.78, 5) is 11.1. The van der Waals surface area contributed by atoms with Gasteiger partial charge in [0.1, 0.15) is 0 Å². The summed E-state index contributed by atoms with van der Waals surface area (Å²) in [6.45, 7) is 2.94. The predicted molar refractivity (Wildman–Crippen MR) is 82.1 cm³/mol. The molecule has 4 nitrogen and oxygen atoms in total. The third kappa shape index (κ3) is 3.31. The van der Waals surface area contributed by atoms with Gasteiger partial charge in [-0.15, -0.1) is 0 Å². The summed E-state index contributed by atoms with van der Waals surface area (Å²) in [7, 11) is 0. The number of hydrogen-bond donors (Lipinski definition) is 1. The van der Waals surface area contributed by atoms with E-state index in [9.17, 15) is 0 Å². The summed E-state index contributed by atoms with van der Waals surface area (Å²) < 4.78 is 0.723. The van der Waals surface area contributed by atoms with Crippen LogP contribution in [-0.2, 0) is 6.54 Å². The van der Waals surface area contributed by atoms with Crippen molar-refractivity contribution in [2.75, 3.05) is 23.3 Å². The van der Waals surface area contributed by atoms with E-state index in [1.165, 1.54) is 12.1 Å². The first-order valence-corrected chi connectivity index (χ1v) is 7.92. The first-order chi connectivity index (χ1) is 9.81. The number of nitrogens with one attached hydrogen (secondary N) is 1. The Balaban J connectivity index is 1.65. The molecule has 102 valence electrons. The molecule has 1 aliphatic rings. The van der Waals surface area contributed by atoms with Gasteiger partial charge in [-0.05, 0) is 0 Å². The maximum atomic E-state index is 4.38. The summed E-state index contributed by atoms with van der Waals surface area (Å²) in [6, 6.07) is 10.1. The maximum absolute atomic E-state index is 4.38. The zero-order valence-electron chi connectivity index (χ0n) is 11.2. The number of rotatable bonds is 4. The van der Waals surface area contributed by atoms with Gasteiger partial charge in [-0.2, -0.15) is 0 Å². The zero-order valence-corrected chi connectivity index (χ0v) is 13.1. The minimum atomic E-state index is 0.699. The van der Waals surface area contributed by atoms with Crippen LogP contribution in [0.4, 0.5) is 11.5 Å². The van der Waals surface area contributed by atoms with Crippen molar-refractivity contribution >= 4 is 28.4 Å². The Morgan fingerprint density at radius 1 is 1.25 bits per heavy atom. The van der Waals surface area contributed by atoms with Gasteiger partial charge in [0.15, 0.2) is 0 Å². The number of pyridine rings is 2. The first kappa shape index (κ1) is 13.4. The Kier molecular flexibility index (Phi) is 4.22. The molecule has 20 heavy (non-hydrogen) atoms. The van der Waals surface area contributed by atoms with Gasteiger partial charge < -0.3 is 0 Å². The minimum absolute atomic E-state index is 0.699. The van der Waals surface area contributed by atoms with Gasteiger partial charge in [-0.3, -0.25) is 0 Å². The molecule has 1 aliphatic heterocycles. The van der Waals surface area contributed by atoms with Gasteiger partial charge in [-0.25, -0.2) is 0 Å². The summed E-state index contributed by atoms with van der Waals surface area (Å²) in [5, 5.41) is 3.33. The fourth-order valence-electron chi connectivity index (χ4n) is 2.37. The van der Waals surface area contributed by atoms with Gasteiger partial charge in [0.25, 0.3) is 0 Å². The Labute approximate surface area is 128 Å².